The molecule has 21 heavy (non-hydrogen) atoms. The minimum atomic E-state index is -0.279. The Hall–Kier alpha value is -2.69. The summed E-state index contributed by atoms with van der Waals surface area (Å²) in [7, 11) is 0. The van der Waals surface area contributed by atoms with Gasteiger partial charge in [0.1, 0.15) is 17.2 Å². The van der Waals surface area contributed by atoms with Gasteiger partial charge in [-0.15, -0.1) is 0 Å². The quantitative estimate of drug-likeness (QED) is 0.844. The number of para-hydroxylation sites is 2. The molecule has 1 aliphatic heterocycles. The molecule has 0 unspecified atom stereocenters. The van der Waals surface area contributed by atoms with E-state index in [4.69, 9.17) is 4.74 Å². The van der Waals surface area contributed by atoms with Crippen molar-refractivity contribution < 1.29 is 19.7 Å². The van der Waals surface area contributed by atoms with Crippen LogP contribution in [0, 0.1) is 0 Å². The van der Waals surface area contributed by atoms with Crippen LogP contribution in [0.1, 0.15) is 16.8 Å². The number of phenols is 2. The van der Waals surface area contributed by atoms with Crippen molar-refractivity contribution in [2.75, 3.05) is 18.1 Å². The molecular formula is C16H15NO4. The van der Waals surface area contributed by atoms with Crippen LogP contribution in [0.3, 0.4) is 0 Å². The Bertz CT molecular complexity index is 663. The molecule has 1 heterocycles. The lowest BCUT2D eigenvalue weighted by Crippen LogP contribution is -2.31. The van der Waals surface area contributed by atoms with Crippen LogP contribution in [0.2, 0.25) is 0 Å². The molecule has 0 spiro atoms. The van der Waals surface area contributed by atoms with E-state index >= 15 is 0 Å². The zero-order valence-electron chi connectivity index (χ0n) is 11.3. The van der Waals surface area contributed by atoms with Gasteiger partial charge in [-0.05, 0) is 30.7 Å². The Labute approximate surface area is 122 Å². The number of nitrogens with zero attached hydrogens (tertiary/aromatic N) is 1. The second kappa shape index (κ2) is 5.36. The maximum absolute atomic E-state index is 12.7. The van der Waals surface area contributed by atoms with Gasteiger partial charge in [0.15, 0.2) is 0 Å². The van der Waals surface area contributed by atoms with Gasteiger partial charge in [0, 0.05) is 18.2 Å². The van der Waals surface area contributed by atoms with Crippen molar-refractivity contribution in [3.8, 4) is 17.2 Å². The fourth-order valence-electron chi connectivity index (χ4n) is 2.41. The number of anilines is 1. The molecule has 5 heteroatoms. The first-order valence-electron chi connectivity index (χ1n) is 6.72. The van der Waals surface area contributed by atoms with Gasteiger partial charge in [0.2, 0.25) is 0 Å². The third-order valence-corrected chi connectivity index (χ3v) is 3.33. The number of amides is 1. The van der Waals surface area contributed by atoms with Crippen molar-refractivity contribution in [1.29, 1.82) is 0 Å². The smallest absolute Gasteiger partial charge is 0.258 e. The monoisotopic (exact) mass is 285 g/mol. The SMILES string of the molecule is O=C(c1cc(O)cc(O)c1)N1CCCOc2ccccc21. The molecule has 0 radical (unpaired) electrons. The van der Waals surface area contributed by atoms with Gasteiger partial charge in [-0.25, -0.2) is 0 Å². The number of carbonyl (C=O) groups excluding carboxylic acids is 1. The van der Waals surface area contributed by atoms with Gasteiger partial charge in [-0.1, -0.05) is 12.1 Å². The average Bonchev–Trinajstić information content (AvgIpc) is 2.68. The summed E-state index contributed by atoms with van der Waals surface area (Å²) in [5.41, 5.74) is 0.937. The number of hydrogen-bond acceptors (Lipinski definition) is 4. The largest absolute Gasteiger partial charge is 0.508 e. The van der Waals surface area contributed by atoms with Crippen LogP contribution in [0.5, 0.6) is 17.2 Å². The standard InChI is InChI=1S/C16H15NO4/c18-12-8-11(9-13(19)10-12)16(20)17-6-3-7-21-15-5-2-1-4-14(15)17/h1-2,4-5,8-10,18-19H,3,6-7H2. The molecule has 0 aliphatic carbocycles. The molecule has 0 atom stereocenters. The van der Waals surface area contributed by atoms with Crippen molar-refractivity contribution in [3.05, 3.63) is 48.0 Å². The minimum Gasteiger partial charge on any atom is -0.508 e. The fourth-order valence-corrected chi connectivity index (χ4v) is 2.41. The number of hydrogen-bond donors (Lipinski definition) is 2. The fraction of sp³-hybridized carbons (Fsp3) is 0.188. The molecule has 0 saturated heterocycles. The minimum absolute atomic E-state index is 0.141. The van der Waals surface area contributed by atoms with E-state index in [0.29, 0.717) is 31.0 Å². The number of rotatable bonds is 1. The highest BCUT2D eigenvalue weighted by Gasteiger charge is 2.23. The predicted octanol–water partition coefficient (Wildman–Crippen LogP) is 2.53. The third-order valence-electron chi connectivity index (χ3n) is 3.33. The molecule has 2 aromatic carbocycles. The number of aromatic hydroxyl groups is 2. The number of carbonyl (C=O) groups is 1. The molecule has 108 valence electrons. The summed E-state index contributed by atoms with van der Waals surface area (Å²) in [5, 5.41) is 19.1. The molecule has 0 fully saturated rings. The Balaban J connectivity index is 2.01. The normalized spacial score (nSPS) is 14.0. The second-order valence-corrected chi connectivity index (χ2v) is 4.86. The van der Waals surface area contributed by atoms with E-state index in [-0.39, 0.29) is 23.0 Å². The van der Waals surface area contributed by atoms with Gasteiger partial charge < -0.3 is 19.8 Å². The lowest BCUT2D eigenvalue weighted by Gasteiger charge is -2.21. The van der Waals surface area contributed by atoms with Crippen molar-refractivity contribution in [1.82, 2.24) is 0 Å². The van der Waals surface area contributed by atoms with Gasteiger partial charge in [-0.2, -0.15) is 0 Å². The number of benzene rings is 2. The maximum atomic E-state index is 12.7. The number of phenolic OH excluding ortho intramolecular Hbond substituents is 2. The number of ether oxygens (including phenoxy) is 1. The molecule has 0 saturated carbocycles. The van der Waals surface area contributed by atoms with Gasteiger partial charge in [0.25, 0.3) is 5.91 Å². The van der Waals surface area contributed by atoms with Crippen LogP contribution >= 0.6 is 0 Å². The summed E-state index contributed by atoms with van der Waals surface area (Å²) in [6.45, 7) is 1.07. The van der Waals surface area contributed by atoms with Crippen LogP contribution in [0.4, 0.5) is 5.69 Å². The molecule has 2 aromatic rings. The van der Waals surface area contributed by atoms with E-state index < -0.39 is 0 Å². The van der Waals surface area contributed by atoms with Crippen LogP contribution in [0.15, 0.2) is 42.5 Å². The maximum Gasteiger partial charge on any atom is 0.258 e. The van der Waals surface area contributed by atoms with E-state index in [1.54, 1.807) is 4.90 Å². The van der Waals surface area contributed by atoms with E-state index in [9.17, 15) is 15.0 Å². The van der Waals surface area contributed by atoms with E-state index in [1.165, 1.54) is 18.2 Å². The summed E-state index contributed by atoms with van der Waals surface area (Å²) in [6, 6.07) is 11.2. The summed E-state index contributed by atoms with van der Waals surface area (Å²) >= 11 is 0. The molecule has 5 nitrogen and oxygen atoms in total. The zero-order valence-corrected chi connectivity index (χ0v) is 11.3. The van der Waals surface area contributed by atoms with Crippen LogP contribution in [0.25, 0.3) is 0 Å². The molecule has 1 amide bonds. The Morgan fingerprint density at radius 2 is 1.81 bits per heavy atom. The van der Waals surface area contributed by atoms with Crippen molar-refractivity contribution in [2.45, 2.75) is 6.42 Å². The Kier molecular flexibility index (Phi) is 3.39. The topological polar surface area (TPSA) is 70.0 Å². The number of fused-ring (bicyclic) bond motifs is 1. The predicted molar refractivity (Wildman–Crippen MR) is 78.0 cm³/mol. The van der Waals surface area contributed by atoms with Crippen molar-refractivity contribution >= 4 is 11.6 Å². The Morgan fingerprint density at radius 3 is 2.57 bits per heavy atom. The van der Waals surface area contributed by atoms with Crippen LogP contribution in [-0.2, 0) is 0 Å². The van der Waals surface area contributed by atoms with Gasteiger partial charge >= 0.3 is 0 Å². The molecule has 2 N–H and O–H groups in total. The molecule has 0 aromatic heterocycles. The van der Waals surface area contributed by atoms with E-state index in [2.05, 4.69) is 0 Å². The van der Waals surface area contributed by atoms with E-state index in [0.717, 1.165) is 0 Å². The molecule has 0 bridgehead atoms. The molecule has 1 aliphatic rings. The summed E-state index contributed by atoms with van der Waals surface area (Å²) in [6.07, 6.45) is 0.714. The lowest BCUT2D eigenvalue weighted by molar-refractivity contribution is 0.0986. The van der Waals surface area contributed by atoms with Crippen LogP contribution in [-0.4, -0.2) is 29.3 Å². The first-order valence-corrected chi connectivity index (χ1v) is 6.72. The summed E-state index contributed by atoms with van der Waals surface area (Å²) < 4.78 is 5.62. The lowest BCUT2D eigenvalue weighted by atomic mass is 10.1. The van der Waals surface area contributed by atoms with Crippen molar-refractivity contribution in [3.63, 3.8) is 0 Å². The highest BCUT2D eigenvalue weighted by Crippen LogP contribution is 2.32. The Morgan fingerprint density at radius 1 is 1.10 bits per heavy atom. The van der Waals surface area contributed by atoms with E-state index in [1.807, 2.05) is 24.3 Å². The zero-order chi connectivity index (χ0) is 14.8. The molecule has 3 rings (SSSR count). The third kappa shape index (κ3) is 2.63. The van der Waals surface area contributed by atoms with Crippen LogP contribution < -0.4 is 9.64 Å². The summed E-state index contributed by atoms with van der Waals surface area (Å²) in [5.74, 6) is 0.0993. The second-order valence-electron chi connectivity index (χ2n) is 4.86. The van der Waals surface area contributed by atoms with Gasteiger partial charge in [-0.3, -0.25) is 4.79 Å². The first kappa shape index (κ1) is 13.3. The van der Waals surface area contributed by atoms with Crippen molar-refractivity contribution in [2.24, 2.45) is 0 Å². The highest BCUT2D eigenvalue weighted by atomic mass is 16.5. The highest BCUT2D eigenvalue weighted by molar-refractivity contribution is 6.07. The molecular weight excluding hydrogens is 270 g/mol. The summed E-state index contributed by atoms with van der Waals surface area (Å²) in [4.78, 5) is 14.3. The first-order chi connectivity index (χ1) is 10.1. The van der Waals surface area contributed by atoms with Gasteiger partial charge in [0.05, 0.1) is 12.3 Å². The average molecular weight is 285 g/mol.